The zero-order valence-corrected chi connectivity index (χ0v) is 16.8. The highest BCUT2D eigenvalue weighted by Gasteiger charge is 2.11. The summed E-state index contributed by atoms with van der Waals surface area (Å²) in [4.78, 5) is 48.6. The van der Waals surface area contributed by atoms with Crippen molar-refractivity contribution in [1.29, 1.82) is 0 Å². The maximum Gasteiger partial charge on any atom is 0.319 e. The normalized spacial score (nSPS) is 9.93. The molecule has 0 bridgehead atoms. The van der Waals surface area contributed by atoms with E-state index >= 15 is 0 Å². The first kappa shape index (κ1) is 22.4. The second-order valence-electron chi connectivity index (χ2n) is 6.48. The van der Waals surface area contributed by atoms with Gasteiger partial charge in [0.05, 0.1) is 6.42 Å². The lowest BCUT2D eigenvalue weighted by molar-refractivity contribution is -0.147. The first-order valence-corrected chi connectivity index (χ1v) is 9.22. The second kappa shape index (κ2) is 11.2. The summed E-state index contributed by atoms with van der Waals surface area (Å²) in [7, 11) is 3.30. The van der Waals surface area contributed by atoms with Crippen LogP contribution in [0.5, 0.6) is 0 Å². The summed E-state index contributed by atoms with van der Waals surface area (Å²) in [5.41, 5.74) is 1.60. The van der Waals surface area contributed by atoms with Gasteiger partial charge in [-0.25, -0.2) is 4.79 Å². The summed E-state index contributed by atoms with van der Waals surface area (Å²) in [6.45, 7) is -0.381. The van der Waals surface area contributed by atoms with Gasteiger partial charge in [0.25, 0.3) is 11.8 Å². The van der Waals surface area contributed by atoms with Crippen LogP contribution in [0.3, 0.4) is 0 Å². The highest BCUT2D eigenvalue weighted by Crippen LogP contribution is 2.11. The number of carbonyl (C=O) groups is 4. The Morgan fingerprint density at radius 3 is 2.13 bits per heavy atom. The fourth-order valence-corrected chi connectivity index (χ4v) is 2.34. The average molecular weight is 412 g/mol. The molecule has 9 heteroatoms. The third-order valence-corrected chi connectivity index (χ3v) is 3.83. The lowest BCUT2D eigenvalue weighted by Gasteiger charge is -2.11. The van der Waals surface area contributed by atoms with Crippen molar-refractivity contribution in [2.24, 2.45) is 0 Å². The van der Waals surface area contributed by atoms with Crippen molar-refractivity contribution in [2.45, 2.75) is 6.42 Å². The number of benzene rings is 2. The molecule has 0 aliphatic heterocycles. The van der Waals surface area contributed by atoms with Crippen LogP contribution in [-0.2, 0) is 14.3 Å². The molecule has 9 nitrogen and oxygen atoms in total. The second-order valence-corrected chi connectivity index (χ2v) is 6.48. The van der Waals surface area contributed by atoms with E-state index in [4.69, 9.17) is 4.74 Å². The van der Waals surface area contributed by atoms with Crippen LogP contribution in [0.1, 0.15) is 16.8 Å². The molecule has 2 rings (SSSR count). The Bertz CT molecular complexity index is 882. The molecule has 2 aromatic carbocycles. The van der Waals surface area contributed by atoms with Crippen LogP contribution in [0.4, 0.5) is 16.2 Å². The van der Waals surface area contributed by atoms with Crippen LogP contribution < -0.4 is 16.0 Å². The van der Waals surface area contributed by atoms with Crippen molar-refractivity contribution in [1.82, 2.24) is 10.2 Å². The quantitative estimate of drug-likeness (QED) is 0.574. The van der Waals surface area contributed by atoms with E-state index in [1.807, 2.05) is 6.07 Å². The number of amides is 4. The van der Waals surface area contributed by atoms with Gasteiger partial charge in [-0.15, -0.1) is 0 Å². The first-order chi connectivity index (χ1) is 14.3. The van der Waals surface area contributed by atoms with Crippen molar-refractivity contribution in [3.8, 4) is 0 Å². The van der Waals surface area contributed by atoms with Gasteiger partial charge >= 0.3 is 12.0 Å². The van der Waals surface area contributed by atoms with Crippen molar-refractivity contribution < 1.29 is 23.9 Å². The summed E-state index contributed by atoms with van der Waals surface area (Å²) in [6, 6.07) is 14.8. The molecule has 4 amide bonds. The number of urea groups is 1. The van der Waals surface area contributed by atoms with E-state index in [0.29, 0.717) is 16.9 Å². The fraction of sp³-hybridized carbons (Fsp3) is 0.238. The van der Waals surface area contributed by atoms with Crippen LogP contribution in [0.15, 0.2) is 54.6 Å². The predicted molar refractivity (Wildman–Crippen MR) is 112 cm³/mol. The fourth-order valence-electron chi connectivity index (χ4n) is 2.34. The van der Waals surface area contributed by atoms with Gasteiger partial charge < -0.3 is 25.6 Å². The molecule has 2 aromatic rings. The molecule has 0 radical (unpaired) electrons. The van der Waals surface area contributed by atoms with Crippen LogP contribution in [-0.4, -0.2) is 56.0 Å². The molecule has 158 valence electrons. The number of carbonyl (C=O) groups excluding carboxylic acids is 4. The van der Waals surface area contributed by atoms with Crippen molar-refractivity contribution in [2.75, 3.05) is 37.9 Å². The molecule has 0 atom stereocenters. The average Bonchev–Trinajstić information content (AvgIpc) is 2.73. The topological polar surface area (TPSA) is 117 Å². The van der Waals surface area contributed by atoms with Gasteiger partial charge in [-0.3, -0.25) is 14.4 Å². The van der Waals surface area contributed by atoms with E-state index in [-0.39, 0.29) is 18.9 Å². The maximum atomic E-state index is 11.9. The summed E-state index contributed by atoms with van der Waals surface area (Å²) in [5, 5.41) is 7.72. The SMILES string of the molecule is CN(C)C(=O)c1ccc(NC(=O)COC(=O)CCNC(=O)Nc2ccccc2)cc1. The number of para-hydroxylation sites is 1. The number of anilines is 2. The Labute approximate surface area is 174 Å². The minimum Gasteiger partial charge on any atom is -0.456 e. The molecule has 0 aliphatic rings. The highest BCUT2D eigenvalue weighted by molar-refractivity contribution is 5.96. The molecule has 0 spiro atoms. The molecule has 0 saturated carbocycles. The molecule has 0 aliphatic carbocycles. The van der Waals surface area contributed by atoms with Gasteiger partial charge in [0.1, 0.15) is 0 Å². The summed E-state index contributed by atoms with van der Waals surface area (Å²) < 4.78 is 4.89. The van der Waals surface area contributed by atoms with Crippen LogP contribution in [0, 0.1) is 0 Å². The van der Waals surface area contributed by atoms with Gasteiger partial charge in [-0.05, 0) is 36.4 Å². The molecular formula is C21H24N4O5. The Balaban J connectivity index is 1.65. The third kappa shape index (κ3) is 7.63. The van der Waals surface area contributed by atoms with Crippen LogP contribution in [0.2, 0.25) is 0 Å². The van der Waals surface area contributed by atoms with Crippen molar-refractivity contribution in [3.63, 3.8) is 0 Å². The lowest BCUT2D eigenvalue weighted by atomic mass is 10.2. The summed E-state index contributed by atoms with van der Waals surface area (Å²) in [5.74, 6) is -1.27. The molecule has 0 unspecified atom stereocenters. The zero-order chi connectivity index (χ0) is 21.9. The molecule has 0 heterocycles. The Kier molecular flexibility index (Phi) is 8.37. The van der Waals surface area contributed by atoms with Gasteiger partial charge in [0.2, 0.25) is 0 Å². The highest BCUT2D eigenvalue weighted by atomic mass is 16.5. The predicted octanol–water partition coefficient (Wildman–Crippen LogP) is 2.08. The Morgan fingerprint density at radius 2 is 1.50 bits per heavy atom. The Morgan fingerprint density at radius 1 is 0.867 bits per heavy atom. The van der Waals surface area contributed by atoms with E-state index in [2.05, 4.69) is 16.0 Å². The van der Waals surface area contributed by atoms with E-state index in [0.717, 1.165) is 0 Å². The molecule has 0 saturated heterocycles. The first-order valence-electron chi connectivity index (χ1n) is 9.22. The molecule has 0 aromatic heterocycles. The van der Waals surface area contributed by atoms with E-state index in [1.54, 1.807) is 62.6 Å². The van der Waals surface area contributed by atoms with Gasteiger partial charge in [-0.1, -0.05) is 18.2 Å². The molecule has 3 N–H and O–H groups in total. The van der Waals surface area contributed by atoms with Crippen LogP contribution >= 0.6 is 0 Å². The number of esters is 1. The maximum absolute atomic E-state index is 11.9. The van der Waals surface area contributed by atoms with Gasteiger partial charge in [0, 0.05) is 37.6 Å². The number of rotatable bonds is 8. The Hall–Kier alpha value is -3.88. The van der Waals surface area contributed by atoms with Crippen LogP contribution in [0.25, 0.3) is 0 Å². The van der Waals surface area contributed by atoms with E-state index < -0.39 is 24.5 Å². The number of nitrogens with zero attached hydrogens (tertiary/aromatic N) is 1. The lowest BCUT2D eigenvalue weighted by Crippen LogP contribution is -2.31. The van der Waals surface area contributed by atoms with Gasteiger partial charge in [0.15, 0.2) is 6.61 Å². The minimum atomic E-state index is -0.614. The van der Waals surface area contributed by atoms with Crippen molar-refractivity contribution in [3.05, 3.63) is 60.2 Å². The minimum absolute atomic E-state index is 0.0699. The zero-order valence-electron chi connectivity index (χ0n) is 16.8. The molecule has 30 heavy (non-hydrogen) atoms. The number of hydrogen-bond acceptors (Lipinski definition) is 5. The van der Waals surface area contributed by atoms with E-state index in [9.17, 15) is 19.2 Å². The van der Waals surface area contributed by atoms with E-state index in [1.165, 1.54) is 4.90 Å². The largest absolute Gasteiger partial charge is 0.456 e. The van der Waals surface area contributed by atoms with Crippen molar-refractivity contribution >= 4 is 35.2 Å². The molecule has 0 fully saturated rings. The summed E-state index contributed by atoms with van der Waals surface area (Å²) in [6.07, 6.45) is -0.0726. The third-order valence-electron chi connectivity index (χ3n) is 3.83. The summed E-state index contributed by atoms with van der Waals surface area (Å²) >= 11 is 0. The number of ether oxygens (including phenoxy) is 1. The van der Waals surface area contributed by atoms with Gasteiger partial charge in [-0.2, -0.15) is 0 Å². The standard InChI is InChI=1S/C21H24N4O5/c1-25(2)20(28)15-8-10-17(11-9-15)23-18(26)14-30-19(27)12-13-22-21(29)24-16-6-4-3-5-7-16/h3-11H,12-14H2,1-2H3,(H,23,26)(H2,22,24,29). The number of hydrogen-bond donors (Lipinski definition) is 3. The smallest absolute Gasteiger partial charge is 0.319 e. The monoisotopic (exact) mass is 412 g/mol. The molecular weight excluding hydrogens is 388 g/mol. The number of nitrogens with one attached hydrogen (secondary N) is 3.